The Balaban J connectivity index is 1.68. The minimum Gasteiger partial charge on any atom is -0.481 e. The van der Waals surface area contributed by atoms with E-state index >= 15 is 0 Å². The number of fused-ring (bicyclic) bond motifs is 4. The molecule has 0 aromatic heterocycles. The van der Waals surface area contributed by atoms with E-state index in [9.17, 15) is 15.0 Å². The highest BCUT2D eigenvalue weighted by atomic mass is 16.4. The van der Waals surface area contributed by atoms with E-state index < -0.39 is 5.97 Å². The van der Waals surface area contributed by atoms with Crippen molar-refractivity contribution in [2.24, 2.45) is 39.4 Å². The topological polar surface area (TPSA) is 57.5 Å². The van der Waals surface area contributed by atoms with Gasteiger partial charge in [-0.1, -0.05) is 52.7 Å². The van der Waals surface area contributed by atoms with Crippen LogP contribution in [-0.4, -0.2) is 22.3 Å². The fraction of sp³-hybridized carbons (Fsp3) is 0.889. The Kier molecular flexibility index (Phi) is 5.28. The van der Waals surface area contributed by atoms with E-state index in [1.54, 1.807) is 11.1 Å². The normalized spacial score (nSPS) is 46.0. The highest BCUT2D eigenvalue weighted by molar-refractivity contribution is 5.66. The highest BCUT2D eigenvalue weighted by Crippen LogP contribution is 2.72. The van der Waals surface area contributed by atoms with Crippen LogP contribution in [0.15, 0.2) is 11.1 Å². The summed E-state index contributed by atoms with van der Waals surface area (Å²) in [5, 5.41) is 19.9. The molecule has 0 aliphatic heterocycles. The Hall–Kier alpha value is -0.830. The monoisotopic (exact) mass is 416 g/mol. The van der Waals surface area contributed by atoms with Gasteiger partial charge in [0.05, 0.1) is 6.10 Å². The predicted molar refractivity (Wildman–Crippen MR) is 121 cm³/mol. The molecule has 2 fully saturated rings. The maximum Gasteiger partial charge on any atom is 0.303 e. The van der Waals surface area contributed by atoms with Crippen LogP contribution in [0.25, 0.3) is 0 Å². The van der Waals surface area contributed by atoms with Crippen LogP contribution in [-0.2, 0) is 4.79 Å². The molecule has 3 nitrogen and oxygen atoms in total. The number of aliphatic hydroxyl groups is 1. The maximum atomic E-state index is 11.2. The number of rotatable bonds is 4. The van der Waals surface area contributed by atoms with Gasteiger partial charge >= 0.3 is 5.97 Å². The van der Waals surface area contributed by atoms with Crippen LogP contribution in [0.4, 0.5) is 0 Å². The minimum atomic E-state index is -0.658. The number of aliphatic carboxylic acids is 1. The fourth-order valence-corrected chi connectivity index (χ4v) is 9.18. The zero-order chi connectivity index (χ0) is 22.1. The van der Waals surface area contributed by atoms with Gasteiger partial charge in [-0.05, 0) is 97.2 Å². The molecule has 2 N–H and O–H groups in total. The molecule has 4 rings (SSSR count). The van der Waals surface area contributed by atoms with Gasteiger partial charge in [0.25, 0.3) is 0 Å². The van der Waals surface area contributed by atoms with E-state index in [2.05, 4.69) is 41.5 Å². The van der Waals surface area contributed by atoms with Gasteiger partial charge in [-0.15, -0.1) is 0 Å². The molecular weight excluding hydrogens is 372 g/mol. The molecule has 0 bridgehead atoms. The van der Waals surface area contributed by atoms with Gasteiger partial charge in [0, 0.05) is 6.42 Å². The second kappa shape index (κ2) is 7.09. The third-order valence-electron chi connectivity index (χ3n) is 11.3. The minimum absolute atomic E-state index is 0.00323. The number of carbonyl (C=O) groups is 1. The summed E-state index contributed by atoms with van der Waals surface area (Å²) in [5.74, 6) is 1.03. The van der Waals surface area contributed by atoms with Gasteiger partial charge < -0.3 is 10.2 Å². The summed E-state index contributed by atoms with van der Waals surface area (Å²) in [4.78, 5) is 11.2. The third kappa shape index (κ3) is 2.90. The van der Waals surface area contributed by atoms with Gasteiger partial charge in [0.15, 0.2) is 0 Å². The average Bonchev–Trinajstić information content (AvgIpc) is 2.95. The second-order valence-electron chi connectivity index (χ2n) is 12.6. The molecule has 7 atom stereocenters. The SMILES string of the molecule is CC(CCC(=O)O)C1CC[C@@]2(C)C3=C(CC[C@]12C)[C@@]1(C)CC[C@H](O)C(C)(C)[C@@H]1CC3. The molecule has 0 saturated heterocycles. The Morgan fingerprint density at radius 1 is 1.00 bits per heavy atom. The number of hydrogen-bond donors (Lipinski definition) is 2. The lowest BCUT2D eigenvalue weighted by Crippen LogP contribution is -2.55. The maximum absolute atomic E-state index is 11.2. The first kappa shape index (κ1) is 22.4. The summed E-state index contributed by atoms with van der Waals surface area (Å²) in [6, 6.07) is 0. The standard InChI is InChI=1S/C27H44O3/c1-17(7-10-23(29)30)18-11-15-27(6)20-8-9-21-24(2,3)22(28)13-14-25(21,4)19(20)12-16-26(18,27)5/h17-18,21-22,28H,7-16H2,1-6H3,(H,29,30)/t17?,18?,21-,22-,25+,26+,27-/m0/s1. The zero-order valence-electron chi connectivity index (χ0n) is 20.2. The van der Waals surface area contributed by atoms with Gasteiger partial charge in [0.1, 0.15) is 0 Å². The van der Waals surface area contributed by atoms with Crippen molar-refractivity contribution in [3.05, 3.63) is 11.1 Å². The number of carboxylic acid groups (broad SMARTS) is 1. The van der Waals surface area contributed by atoms with Crippen LogP contribution < -0.4 is 0 Å². The van der Waals surface area contributed by atoms with Gasteiger partial charge in [-0.2, -0.15) is 0 Å². The van der Waals surface area contributed by atoms with E-state index in [0.29, 0.717) is 24.2 Å². The molecule has 0 amide bonds. The summed E-state index contributed by atoms with van der Waals surface area (Å²) < 4.78 is 0. The first-order valence-corrected chi connectivity index (χ1v) is 12.5. The Morgan fingerprint density at radius 2 is 1.70 bits per heavy atom. The average molecular weight is 417 g/mol. The van der Waals surface area contributed by atoms with E-state index in [1.165, 1.54) is 38.5 Å². The molecule has 4 aliphatic rings. The molecule has 3 heteroatoms. The first-order valence-electron chi connectivity index (χ1n) is 12.5. The van der Waals surface area contributed by atoms with Gasteiger partial charge in [0.2, 0.25) is 0 Å². The van der Waals surface area contributed by atoms with Crippen molar-refractivity contribution < 1.29 is 15.0 Å². The van der Waals surface area contributed by atoms with Crippen molar-refractivity contribution in [2.75, 3.05) is 0 Å². The highest BCUT2D eigenvalue weighted by Gasteiger charge is 2.63. The van der Waals surface area contributed by atoms with Crippen LogP contribution in [0.1, 0.15) is 106 Å². The molecule has 0 heterocycles. The molecule has 4 aliphatic carbocycles. The lowest BCUT2D eigenvalue weighted by atomic mass is 9.43. The zero-order valence-corrected chi connectivity index (χ0v) is 20.2. The van der Waals surface area contributed by atoms with Crippen LogP contribution in [0.5, 0.6) is 0 Å². The van der Waals surface area contributed by atoms with Crippen molar-refractivity contribution in [3.63, 3.8) is 0 Å². The van der Waals surface area contributed by atoms with Crippen LogP contribution in [0.3, 0.4) is 0 Å². The largest absolute Gasteiger partial charge is 0.481 e. The lowest BCUT2D eigenvalue weighted by molar-refractivity contribution is -0.137. The van der Waals surface area contributed by atoms with Crippen molar-refractivity contribution in [3.8, 4) is 0 Å². The number of aliphatic hydroxyl groups excluding tert-OH is 1. The molecule has 0 spiro atoms. The van der Waals surface area contributed by atoms with E-state index in [0.717, 1.165) is 19.3 Å². The fourth-order valence-electron chi connectivity index (χ4n) is 9.18. The molecule has 0 aromatic rings. The van der Waals surface area contributed by atoms with Crippen molar-refractivity contribution in [2.45, 2.75) is 112 Å². The lowest BCUT2D eigenvalue weighted by Gasteiger charge is -2.62. The van der Waals surface area contributed by atoms with E-state index in [4.69, 9.17) is 0 Å². The van der Waals surface area contributed by atoms with Crippen LogP contribution in [0.2, 0.25) is 0 Å². The number of hydrogen-bond acceptors (Lipinski definition) is 2. The third-order valence-corrected chi connectivity index (χ3v) is 11.3. The Morgan fingerprint density at radius 3 is 2.37 bits per heavy atom. The molecule has 30 heavy (non-hydrogen) atoms. The summed E-state index contributed by atoms with van der Waals surface area (Å²) in [6.45, 7) is 14.5. The summed E-state index contributed by atoms with van der Waals surface area (Å²) in [5.41, 5.74) is 4.32. The van der Waals surface area contributed by atoms with Crippen molar-refractivity contribution >= 4 is 5.97 Å². The summed E-state index contributed by atoms with van der Waals surface area (Å²) in [7, 11) is 0. The van der Waals surface area contributed by atoms with Crippen molar-refractivity contribution in [1.29, 1.82) is 0 Å². The van der Waals surface area contributed by atoms with E-state index in [-0.39, 0.29) is 27.8 Å². The first-order chi connectivity index (χ1) is 13.9. The smallest absolute Gasteiger partial charge is 0.303 e. The molecule has 0 radical (unpaired) electrons. The van der Waals surface area contributed by atoms with Crippen molar-refractivity contribution in [1.82, 2.24) is 0 Å². The Bertz CT molecular complexity index is 751. The second-order valence-corrected chi connectivity index (χ2v) is 12.6. The summed E-state index contributed by atoms with van der Waals surface area (Å²) in [6.07, 6.45) is 10.4. The number of allylic oxidation sites excluding steroid dienone is 2. The van der Waals surface area contributed by atoms with E-state index in [1.807, 2.05) is 0 Å². The summed E-state index contributed by atoms with van der Waals surface area (Å²) >= 11 is 0. The molecule has 170 valence electrons. The predicted octanol–water partition coefficient (Wildman–Crippen LogP) is 6.60. The molecule has 0 aromatic carbocycles. The Labute approximate surface area is 183 Å². The molecule has 2 unspecified atom stereocenters. The van der Waals surface area contributed by atoms with Gasteiger partial charge in [-0.3, -0.25) is 4.79 Å². The van der Waals surface area contributed by atoms with Crippen LogP contribution >= 0.6 is 0 Å². The molecular formula is C27H44O3. The number of carboxylic acids is 1. The quantitative estimate of drug-likeness (QED) is 0.508. The van der Waals surface area contributed by atoms with Gasteiger partial charge in [-0.25, -0.2) is 0 Å². The van der Waals surface area contributed by atoms with Crippen LogP contribution in [0, 0.1) is 39.4 Å². The molecule has 2 saturated carbocycles.